The van der Waals surface area contributed by atoms with Gasteiger partial charge in [-0.05, 0) is 37.1 Å². The van der Waals surface area contributed by atoms with Crippen LogP contribution < -0.4 is 15.1 Å². The highest BCUT2D eigenvalue weighted by atomic mass is 28.2. The number of carbonyl (C=O) groups excluding carboxylic acids is 1. The summed E-state index contributed by atoms with van der Waals surface area (Å²) < 4.78 is 5.16. The third-order valence-electron chi connectivity index (χ3n) is 3.39. The van der Waals surface area contributed by atoms with Gasteiger partial charge < -0.3 is 4.74 Å². The lowest BCUT2D eigenvalue weighted by Crippen LogP contribution is -2.29. The Morgan fingerprint density at radius 1 is 1.20 bits per heavy atom. The van der Waals surface area contributed by atoms with E-state index in [9.17, 15) is 4.79 Å². The summed E-state index contributed by atoms with van der Waals surface area (Å²) >= 11 is 0. The second-order valence-electron chi connectivity index (χ2n) is 4.81. The van der Waals surface area contributed by atoms with Gasteiger partial charge in [-0.2, -0.15) is 0 Å². The molecule has 0 amide bonds. The molecule has 0 aliphatic rings. The monoisotopic (exact) mass is 282 g/mol. The number of hydrogen-bond acceptors (Lipinski definition) is 2. The van der Waals surface area contributed by atoms with Gasteiger partial charge in [0.2, 0.25) is 0 Å². The van der Waals surface area contributed by atoms with Crippen LogP contribution in [0.5, 0.6) is 5.75 Å². The fourth-order valence-electron chi connectivity index (χ4n) is 2.10. The molecule has 0 unspecified atom stereocenters. The molecule has 3 heteroatoms. The van der Waals surface area contributed by atoms with Crippen molar-refractivity contribution in [3.63, 3.8) is 0 Å². The van der Waals surface area contributed by atoms with Crippen LogP contribution in [0, 0.1) is 13.8 Å². The number of carbonyl (C=O) groups is 1. The quantitative estimate of drug-likeness (QED) is 0.368. The van der Waals surface area contributed by atoms with E-state index in [4.69, 9.17) is 4.74 Å². The third-order valence-corrected chi connectivity index (χ3v) is 5.39. The predicted octanol–water partition coefficient (Wildman–Crippen LogP) is 1.51. The van der Waals surface area contributed by atoms with Gasteiger partial charge >= 0.3 is 5.97 Å². The van der Waals surface area contributed by atoms with Crippen LogP contribution in [-0.2, 0) is 4.79 Å². The maximum absolute atomic E-state index is 11.2. The van der Waals surface area contributed by atoms with E-state index in [0.717, 1.165) is 0 Å². The molecular formula is C17H18O2Si. The van der Waals surface area contributed by atoms with E-state index in [1.807, 2.05) is 12.1 Å². The standard InChI is InChI=1S/C17H18O2Si/c1-4-17(18)19-14-8-6-9-15(11-14)20-16-10-5-7-12(2)13(16)3/h4-11H,1,20H2,2-3H3. The average Bonchev–Trinajstić information content (AvgIpc) is 2.44. The fourth-order valence-corrected chi connectivity index (χ4v) is 3.89. The van der Waals surface area contributed by atoms with Crippen LogP contribution in [0.25, 0.3) is 0 Å². The van der Waals surface area contributed by atoms with Gasteiger partial charge in [-0.25, -0.2) is 4.79 Å². The average molecular weight is 282 g/mol. The summed E-state index contributed by atoms with van der Waals surface area (Å²) in [5.41, 5.74) is 2.69. The summed E-state index contributed by atoms with van der Waals surface area (Å²) in [6.07, 6.45) is 1.18. The van der Waals surface area contributed by atoms with Crippen LogP contribution in [0.2, 0.25) is 0 Å². The second kappa shape index (κ2) is 6.35. The van der Waals surface area contributed by atoms with E-state index in [1.165, 1.54) is 27.6 Å². The molecule has 2 rings (SSSR count). The minimum Gasteiger partial charge on any atom is -0.423 e. The van der Waals surface area contributed by atoms with E-state index in [2.05, 4.69) is 44.7 Å². The Bertz CT molecular complexity index is 647. The zero-order valence-electron chi connectivity index (χ0n) is 11.8. The molecule has 2 nitrogen and oxygen atoms in total. The van der Waals surface area contributed by atoms with Crippen molar-refractivity contribution in [2.45, 2.75) is 13.8 Å². The minimum atomic E-state index is -0.563. The van der Waals surface area contributed by atoms with Gasteiger partial charge in [0.15, 0.2) is 0 Å². The van der Waals surface area contributed by atoms with Crippen LogP contribution in [0.15, 0.2) is 55.1 Å². The van der Waals surface area contributed by atoms with Gasteiger partial charge in [-0.3, -0.25) is 0 Å². The second-order valence-corrected chi connectivity index (χ2v) is 6.74. The molecule has 0 aromatic heterocycles. The number of ether oxygens (including phenoxy) is 1. The molecule has 102 valence electrons. The number of hydrogen-bond donors (Lipinski definition) is 0. The first-order valence-corrected chi connectivity index (χ1v) is 8.00. The normalized spacial score (nSPS) is 10.7. The summed E-state index contributed by atoms with van der Waals surface area (Å²) in [5, 5.41) is 2.69. The Hall–Kier alpha value is -2.13. The van der Waals surface area contributed by atoms with Crippen LogP contribution in [0.4, 0.5) is 0 Å². The van der Waals surface area contributed by atoms with Crippen molar-refractivity contribution in [1.82, 2.24) is 0 Å². The van der Waals surface area contributed by atoms with Crippen molar-refractivity contribution in [2.24, 2.45) is 0 Å². The lowest BCUT2D eigenvalue weighted by molar-refractivity contribution is -0.128. The lowest BCUT2D eigenvalue weighted by atomic mass is 10.1. The molecule has 2 aromatic carbocycles. The van der Waals surface area contributed by atoms with Crippen LogP contribution in [-0.4, -0.2) is 15.5 Å². The van der Waals surface area contributed by atoms with Gasteiger partial charge in [0.05, 0.1) is 9.52 Å². The highest BCUT2D eigenvalue weighted by Crippen LogP contribution is 2.08. The topological polar surface area (TPSA) is 26.3 Å². The van der Waals surface area contributed by atoms with E-state index in [-0.39, 0.29) is 0 Å². The van der Waals surface area contributed by atoms with E-state index in [1.54, 1.807) is 6.07 Å². The van der Waals surface area contributed by atoms with Crippen LogP contribution >= 0.6 is 0 Å². The van der Waals surface area contributed by atoms with E-state index in [0.29, 0.717) is 5.75 Å². The van der Waals surface area contributed by atoms with Crippen molar-refractivity contribution in [1.29, 1.82) is 0 Å². The highest BCUT2D eigenvalue weighted by Gasteiger charge is 2.05. The maximum atomic E-state index is 11.2. The van der Waals surface area contributed by atoms with E-state index >= 15 is 0 Å². The molecule has 0 atom stereocenters. The van der Waals surface area contributed by atoms with Crippen molar-refractivity contribution in [2.75, 3.05) is 0 Å². The van der Waals surface area contributed by atoms with Gasteiger partial charge in [0.25, 0.3) is 0 Å². The molecule has 0 aliphatic heterocycles. The Balaban J connectivity index is 2.21. The Labute approximate surface area is 121 Å². The van der Waals surface area contributed by atoms with Crippen molar-refractivity contribution >= 4 is 25.9 Å². The third kappa shape index (κ3) is 3.45. The molecule has 0 spiro atoms. The Morgan fingerprint density at radius 3 is 2.70 bits per heavy atom. The molecule has 0 saturated heterocycles. The number of rotatable bonds is 4. The first-order chi connectivity index (χ1) is 9.60. The van der Waals surface area contributed by atoms with Crippen molar-refractivity contribution < 1.29 is 9.53 Å². The van der Waals surface area contributed by atoms with Crippen LogP contribution in [0.3, 0.4) is 0 Å². The van der Waals surface area contributed by atoms with Crippen molar-refractivity contribution in [3.05, 3.63) is 66.2 Å². The zero-order chi connectivity index (χ0) is 14.5. The Kier molecular flexibility index (Phi) is 4.53. The molecular weight excluding hydrogens is 264 g/mol. The van der Waals surface area contributed by atoms with Gasteiger partial charge in [-0.15, -0.1) is 0 Å². The molecule has 0 aliphatic carbocycles. The summed E-state index contributed by atoms with van der Waals surface area (Å²) in [5.74, 6) is 0.167. The van der Waals surface area contributed by atoms with Gasteiger partial charge in [0.1, 0.15) is 5.75 Å². The van der Waals surface area contributed by atoms with E-state index < -0.39 is 15.5 Å². The lowest BCUT2D eigenvalue weighted by Gasteiger charge is -2.09. The smallest absolute Gasteiger partial charge is 0.335 e. The Morgan fingerprint density at radius 2 is 1.95 bits per heavy atom. The van der Waals surface area contributed by atoms with Crippen molar-refractivity contribution in [3.8, 4) is 5.75 Å². The molecule has 0 fully saturated rings. The number of aryl methyl sites for hydroxylation is 1. The molecule has 0 heterocycles. The SMILES string of the molecule is C=CC(=O)Oc1cccc([SiH2]c2cccc(C)c2C)c1. The molecule has 2 aromatic rings. The first-order valence-electron chi connectivity index (χ1n) is 6.58. The van der Waals surface area contributed by atoms with Crippen LogP contribution in [0.1, 0.15) is 11.1 Å². The molecule has 0 N–H and O–H groups in total. The maximum Gasteiger partial charge on any atom is 0.335 e. The predicted molar refractivity (Wildman–Crippen MR) is 86.0 cm³/mol. The highest BCUT2D eigenvalue weighted by molar-refractivity contribution is 6.67. The molecule has 0 radical (unpaired) electrons. The fraction of sp³-hybridized carbons (Fsp3) is 0.118. The molecule has 0 saturated carbocycles. The summed E-state index contributed by atoms with van der Waals surface area (Å²) in [6, 6.07) is 14.2. The largest absolute Gasteiger partial charge is 0.423 e. The molecule has 0 bridgehead atoms. The van der Waals surface area contributed by atoms with Gasteiger partial charge in [-0.1, -0.05) is 47.3 Å². The summed E-state index contributed by atoms with van der Waals surface area (Å²) in [6.45, 7) is 7.70. The number of esters is 1. The molecule has 20 heavy (non-hydrogen) atoms. The van der Waals surface area contributed by atoms with Gasteiger partial charge in [0, 0.05) is 6.08 Å². The number of benzene rings is 2. The summed E-state index contributed by atoms with van der Waals surface area (Å²) in [4.78, 5) is 11.2. The minimum absolute atomic E-state index is 0.421. The zero-order valence-corrected chi connectivity index (χ0v) is 13.3. The first kappa shape index (κ1) is 14.3. The summed E-state index contributed by atoms with van der Waals surface area (Å²) in [7, 11) is -0.563.